The van der Waals surface area contributed by atoms with E-state index in [4.69, 9.17) is 17.3 Å². The smallest absolute Gasteiger partial charge is 0.249 e. The van der Waals surface area contributed by atoms with Gasteiger partial charge in [0.25, 0.3) is 0 Å². The zero-order valence-electron chi connectivity index (χ0n) is 12.0. The quantitative estimate of drug-likeness (QED) is 0.869. The van der Waals surface area contributed by atoms with E-state index in [1.54, 1.807) is 23.1 Å². The SMILES string of the molecule is CCCC(N)C(=O)NC1CCN(c2cccc(Cl)c2)C1=O. The van der Waals surface area contributed by atoms with Gasteiger partial charge in [-0.25, -0.2) is 0 Å². The van der Waals surface area contributed by atoms with Gasteiger partial charge in [0.1, 0.15) is 6.04 Å². The Hall–Kier alpha value is -1.59. The van der Waals surface area contributed by atoms with E-state index in [2.05, 4.69) is 5.32 Å². The van der Waals surface area contributed by atoms with Crippen LogP contribution in [0.4, 0.5) is 5.69 Å². The van der Waals surface area contributed by atoms with Crippen molar-refractivity contribution in [3.8, 4) is 0 Å². The Balaban J connectivity index is 2.00. The van der Waals surface area contributed by atoms with Crippen molar-refractivity contribution in [3.05, 3.63) is 29.3 Å². The molecule has 2 unspecified atom stereocenters. The molecule has 5 nitrogen and oxygen atoms in total. The fourth-order valence-electron chi connectivity index (χ4n) is 2.44. The Kier molecular flexibility index (Phi) is 5.20. The standard InChI is InChI=1S/C15H20ClN3O2/c1-2-4-12(17)14(20)18-13-7-8-19(15(13)21)11-6-3-5-10(16)9-11/h3,5-6,9,12-13H,2,4,7-8,17H2,1H3,(H,18,20). The van der Waals surface area contributed by atoms with Gasteiger partial charge in [-0.15, -0.1) is 0 Å². The Morgan fingerprint density at radius 2 is 2.33 bits per heavy atom. The number of anilines is 1. The fourth-order valence-corrected chi connectivity index (χ4v) is 2.62. The summed E-state index contributed by atoms with van der Waals surface area (Å²) >= 11 is 5.94. The van der Waals surface area contributed by atoms with E-state index >= 15 is 0 Å². The van der Waals surface area contributed by atoms with Crippen LogP contribution in [-0.2, 0) is 9.59 Å². The van der Waals surface area contributed by atoms with Crippen molar-refractivity contribution < 1.29 is 9.59 Å². The van der Waals surface area contributed by atoms with Gasteiger partial charge in [0.15, 0.2) is 0 Å². The van der Waals surface area contributed by atoms with Gasteiger partial charge in [-0.2, -0.15) is 0 Å². The predicted molar refractivity (Wildman–Crippen MR) is 83.2 cm³/mol. The van der Waals surface area contributed by atoms with Crippen LogP contribution in [0.15, 0.2) is 24.3 Å². The molecule has 0 saturated carbocycles. The van der Waals surface area contributed by atoms with Crippen LogP contribution in [0, 0.1) is 0 Å². The summed E-state index contributed by atoms with van der Waals surface area (Å²) in [5, 5.41) is 3.32. The molecule has 114 valence electrons. The van der Waals surface area contributed by atoms with Gasteiger partial charge in [-0.05, 0) is 31.0 Å². The second kappa shape index (κ2) is 6.91. The molecule has 0 aliphatic carbocycles. The number of nitrogens with zero attached hydrogens (tertiary/aromatic N) is 1. The van der Waals surface area contributed by atoms with Crippen LogP contribution in [0.5, 0.6) is 0 Å². The summed E-state index contributed by atoms with van der Waals surface area (Å²) in [4.78, 5) is 25.9. The molecular weight excluding hydrogens is 290 g/mol. The minimum absolute atomic E-state index is 0.116. The van der Waals surface area contributed by atoms with Gasteiger partial charge in [0.2, 0.25) is 11.8 Å². The lowest BCUT2D eigenvalue weighted by Gasteiger charge is -2.18. The van der Waals surface area contributed by atoms with Crippen LogP contribution < -0.4 is 16.0 Å². The Morgan fingerprint density at radius 1 is 1.57 bits per heavy atom. The third-order valence-electron chi connectivity index (χ3n) is 3.58. The third kappa shape index (κ3) is 3.74. The molecule has 0 bridgehead atoms. The van der Waals surface area contributed by atoms with Crippen LogP contribution in [0.1, 0.15) is 26.2 Å². The van der Waals surface area contributed by atoms with Crippen molar-refractivity contribution in [3.63, 3.8) is 0 Å². The first-order valence-electron chi connectivity index (χ1n) is 7.16. The molecule has 1 aromatic carbocycles. The number of nitrogens with one attached hydrogen (secondary N) is 1. The highest BCUT2D eigenvalue weighted by Gasteiger charge is 2.34. The molecule has 3 N–H and O–H groups in total. The van der Waals surface area contributed by atoms with Gasteiger partial charge in [-0.3, -0.25) is 9.59 Å². The second-order valence-electron chi connectivity index (χ2n) is 5.21. The molecule has 1 saturated heterocycles. The topological polar surface area (TPSA) is 75.4 Å². The third-order valence-corrected chi connectivity index (χ3v) is 3.81. The molecule has 2 amide bonds. The summed E-state index contributed by atoms with van der Waals surface area (Å²) in [7, 11) is 0. The Morgan fingerprint density at radius 3 is 3.00 bits per heavy atom. The highest BCUT2D eigenvalue weighted by molar-refractivity contribution is 6.31. The predicted octanol–water partition coefficient (Wildman–Crippen LogP) is 1.69. The van der Waals surface area contributed by atoms with Crippen LogP contribution in [-0.4, -0.2) is 30.4 Å². The molecular formula is C15H20ClN3O2. The molecule has 1 fully saturated rings. The summed E-state index contributed by atoms with van der Waals surface area (Å²) in [5.74, 6) is -0.377. The number of hydrogen-bond acceptors (Lipinski definition) is 3. The van der Waals surface area contributed by atoms with Crippen molar-refractivity contribution in [1.82, 2.24) is 5.32 Å². The number of nitrogens with two attached hydrogens (primary N) is 1. The summed E-state index contributed by atoms with van der Waals surface area (Å²) in [6, 6.07) is 6.08. The number of benzene rings is 1. The summed E-state index contributed by atoms with van der Waals surface area (Å²) < 4.78 is 0. The van der Waals surface area contributed by atoms with E-state index in [1.165, 1.54) is 0 Å². The monoisotopic (exact) mass is 309 g/mol. The molecule has 21 heavy (non-hydrogen) atoms. The average Bonchev–Trinajstić information content (AvgIpc) is 2.80. The molecule has 1 heterocycles. The van der Waals surface area contributed by atoms with E-state index in [1.807, 2.05) is 13.0 Å². The van der Waals surface area contributed by atoms with Gasteiger partial charge in [-0.1, -0.05) is 31.0 Å². The zero-order valence-corrected chi connectivity index (χ0v) is 12.8. The molecule has 0 radical (unpaired) electrons. The van der Waals surface area contributed by atoms with Crippen molar-refractivity contribution in [1.29, 1.82) is 0 Å². The Bertz CT molecular complexity index is 535. The number of amides is 2. The van der Waals surface area contributed by atoms with E-state index in [-0.39, 0.29) is 11.8 Å². The first-order chi connectivity index (χ1) is 10.0. The lowest BCUT2D eigenvalue weighted by atomic mass is 10.1. The van der Waals surface area contributed by atoms with Gasteiger partial charge < -0.3 is 16.0 Å². The number of carbonyl (C=O) groups is 2. The van der Waals surface area contributed by atoms with Gasteiger partial charge >= 0.3 is 0 Å². The first kappa shape index (κ1) is 15.8. The maximum Gasteiger partial charge on any atom is 0.249 e. The number of carbonyl (C=O) groups excluding carboxylic acids is 2. The largest absolute Gasteiger partial charge is 0.343 e. The van der Waals surface area contributed by atoms with E-state index in [9.17, 15) is 9.59 Å². The van der Waals surface area contributed by atoms with Crippen molar-refractivity contribution in [2.24, 2.45) is 5.73 Å². The molecule has 6 heteroatoms. The van der Waals surface area contributed by atoms with E-state index < -0.39 is 12.1 Å². The van der Waals surface area contributed by atoms with Crippen LogP contribution in [0.25, 0.3) is 0 Å². The summed E-state index contributed by atoms with van der Waals surface area (Å²) in [5.41, 5.74) is 6.51. The summed E-state index contributed by atoms with van der Waals surface area (Å²) in [6.45, 7) is 2.53. The second-order valence-corrected chi connectivity index (χ2v) is 5.65. The van der Waals surface area contributed by atoms with Crippen molar-refractivity contribution in [2.45, 2.75) is 38.3 Å². The molecule has 0 spiro atoms. The lowest BCUT2D eigenvalue weighted by molar-refractivity contribution is -0.127. The van der Waals surface area contributed by atoms with Crippen molar-refractivity contribution in [2.75, 3.05) is 11.4 Å². The maximum absolute atomic E-state index is 12.4. The number of rotatable bonds is 5. The molecule has 1 aliphatic rings. The van der Waals surface area contributed by atoms with Crippen LogP contribution >= 0.6 is 11.6 Å². The minimum atomic E-state index is -0.553. The van der Waals surface area contributed by atoms with E-state index in [0.717, 1.165) is 12.1 Å². The molecule has 1 aromatic rings. The normalized spacial score (nSPS) is 19.7. The zero-order chi connectivity index (χ0) is 15.4. The number of hydrogen-bond donors (Lipinski definition) is 2. The minimum Gasteiger partial charge on any atom is -0.343 e. The maximum atomic E-state index is 12.4. The summed E-state index contributed by atoms with van der Waals surface area (Å²) in [6.07, 6.45) is 2.03. The fraction of sp³-hybridized carbons (Fsp3) is 0.467. The molecule has 2 atom stereocenters. The lowest BCUT2D eigenvalue weighted by Crippen LogP contribution is -2.48. The average molecular weight is 310 g/mol. The highest BCUT2D eigenvalue weighted by Crippen LogP contribution is 2.24. The van der Waals surface area contributed by atoms with Crippen LogP contribution in [0.2, 0.25) is 5.02 Å². The molecule has 2 rings (SSSR count). The Labute approximate surface area is 129 Å². The van der Waals surface area contributed by atoms with E-state index in [0.29, 0.717) is 24.4 Å². The van der Waals surface area contributed by atoms with Crippen molar-refractivity contribution >= 4 is 29.1 Å². The van der Waals surface area contributed by atoms with Gasteiger partial charge in [0, 0.05) is 17.3 Å². The molecule has 1 aliphatic heterocycles. The number of halogens is 1. The van der Waals surface area contributed by atoms with Crippen LogP contribution in [0.3, 0.4) is 0 Å². The first-order valence-corrected chi connectivity index (χ1v) is 7.53. The van der Waals surface area contributed by atoms with Gasteiger partial charge in [0.05, 0.1) is 6.04 Å². The highest BCUT2D eigenvalue weighted by atomic mass is 35.5. The molecule has 0 aromatic heterocycles.